The molecule has 0 N–H and O–H groups in total. The molecular formula is C13H26. The van der Waals surface area contributed by atoms with Gasteiger partial charge in [-0.05, 0) is 31.4 Å². The van der Waals surface area contributed by atoms with Crippen molar-refractivity contribution in [3.63, 3.8) is 0 Å². The van der Waals surface area contributed by atoms with Gasteiger partial charge in [0.25, 0.3) is 0 Å². The maximum Gasteiger partial charge on any atom is -0.0305 e. The van der Waals surface area contributed by atoms with Gasteiger partial charge in [-0.1, -0.05) is 53.0 Å². The average molecular weight is 182 g/mol. The quantitative estimate of drug-likeness (QED) is 0.530. The Morgan fingerprint density at radius 3 is 2.00 bits per heavy atom. The fraction of sp³-hybridized carbons (Fsp3) is 0.538. The van der Waals surface area contributed by atoms with Crippen molar-refractivity contribution < 1.29 is 0 Å². The van der Waals surface area contributed by atoms with E-state index in [1.165, 1.54) is 11.1 Å². The van der Waals surface area contributed by atoms with Gasteiger partial charge in [-0.3, -0.25) is 0 Å². The summed E-state index contributed by atoms with van der Waals surface area (Å²) in [5, 5.41) is 0. The highest BCUT2D eigenvalue weighted by molar-refractivity contribution is 5.30. The van der Waals surface area contributed by atoms with E-state index in [1.54, 1.807) is 0 Å². The van der Waals surface area contributed by atoms with Gasteiger partial charge in [0.15, 0.2) is 0 Å². The molecule has 0 aliphatic carbocycles. The van der Waals surface area contributed by atoms with Gasteiger partial charge in [0, 0.05) is 0 Å². The highest BCUT2D eigenvalue weighted by Gasteiger charge is 1.89. The molecule has 0 amide bonds. The Hall–Kier alpha value is -0.780. The Labute approximate surface area is 85.1 Å². The standard InChI is InChI=1S/C10H16.C2H6.CH4/c1-5-8-10(7-3)9(4)6-2;1-2;/h5-6,8H,2,7H2,1,3-4H3;1-2H3;1H4/b8-5-,10-9-;;. The Morgan fingerprint density at radius 2 is 1.77 bits per heavy atom. The summed E-state index contributed by atoms with van der Waals surface area (Å²) >= 11 is 0. The molecule has 0 heteroatoms. The van der Waals surface area contributed by atoms with Crippen LogP contribution >= 0.6 is 0 Å². The van der Waals surface area contributed by atoms with Crippen molar-refractivity contribution in [2.24, 2.45) is 0 Å². The van der Waals surface area contributed by atoms with Crippen LogP contribution in [0.2, 0.25) is 0 Å². The molecule has 0 heterocycles. The molecule has 0 atom stereocenters. The topological polar surface area (TPSA) is 0 Å². The number of hydrogen-bond donors (Lipinski definition) is 0. The first-order valence-corrected chi connectivity index (χ1v) is 4.71. The van der Waals surface area contributed by atoms with Gasteiger partial charge in [-0.15, -0.1) is 0 Å². The van der Waals surface area contributed by atoms with Crippen LogP contribution in [0.5, 0.6) is 0 Å². The lowest BCUT2D eigenvalue weighted by Crippen LogP contribution is -1.78. The normalized spacial score (nSPS) is 10.8. The van der Waals surface area contributed by atoms with Crippen LogP contribution in [0.25, 0.3) is 0 Å². The Bertz CT molecular complexity index is 159. The zero-order chi connectivity index (χ0) is 9.98. The smallest absolute Gasteiger partial charge is 0.0305 e. The zero-order valence-electron chi connectivity index (χ0n) is 9.15. The maximum atomic E-state index is 3.72. The third-order valence-corrected chi connectivity index (χ3v) is 1.56. The van der Waals surface area contributed by atoms with Gasteiger partial charge >= 0.3 is 0 Å². The lowest BCUT2D eigenvalue weighted by atomic mass is 10.1. The SMILES string of the molecule is C.C=C/C(C)=C(\C=C/C)CC.CC. The molecule has 0 spiro atoms. The third kappa shape index (κ3) is 9.13. The van der Waals surface area contributed by atoms with E-state index < -0.39 is 0 Å². The van der Waals surface area contributed by atoms with E-state index in [0.717, 1.165) is 6.42 Å². The number of rotatable bonds is 3. The van der Waals surface area contributed by atoms with Crippen molar-refractivity contribution in [3.8, 4) is 0 Å². The van der Waals surface area contributed by atoms with Crippen molar-refractivity contribution in [2.75, 3.05) is 0 Å². The molecule has 0 nitrogen and oxygen atoms in total. The predicted octanol–water partition coefficient (Wildman–Crippen LogP) is 5.14. The fourth-order valence-corrected chi connectivity index (χ4v) is 0.860. The van der Waals surface area contributed by atoms with Crippen LogP contribution in [0.4, 0.5) is 0 Å². The number of hydrogen-bond acceptors (Lipinski definition) is 0. The summed E-state index contributed by atoms with van der Waals surface area (Å²) in [5.41, 5.74) is 2.65. The molecule has 0 aromatic carbocycles. The molecule has 0 aliphatic heterocycles. The second-order valence-electron chi connectivity index (χ2n) is 2.27. The summed E-state index contributed by atoms with van der Waals surface area (Å²) in [4.78, 5) is 0. The molecule has 0 radical (unpaired) electrons. The summed E-state index contributed by atoms with van der Waals surface area (Å²) in [6, 6.07) is 0. The van der Waals surface area contributed by atoms with E-state index in [-0.39, 0.29) is 7.43 Å². The Morgan fingerprint density at radius 1 is 1.31 bits per heavy atom. The fourth-order valence-electron chi connectivity index (χ4n) is 0.860. The molecule has 0 unspecified atom stereocenters. The van der Waals surface area contributed by atoms with E-state index in [0.29, 0.717) is 0 Å². The molecule has 0 bridgehead atoms. The summed E-state index contributed by atoms with van der Waals surface area (Å²) < 4.78 is 0. The molecule has 0 saturated heterocycles. The summed E-state index contributed by atoms with van der Waals surface area (Å²) in [5.74, 6) is 0. The van der Waals surface area contributed by atoms with Crippen LogP contribution in [-0.4, -0.2) is 0 Å². The van der Waals surface area contributed by atoms with Crippen LogP contribution in [0.15, 0.2) is 36.0 Å². The predicted molar refractivity (Wildman–Crippen MR) is 66.1 cm³/mol. The van der Waals surface area contributed by atoms with Crippen molar-refractivity contribution in [1.82, 2.24) is 0 Å². The highest BCUT2D eigenvalue weighted by atomic mass is 14.0. The largest absolute Gasteiger partial charge is 0.0988 e. The highest BCUT2D eigenvalue weighted by Crippen LogP contribution is 2.10. The van der Waals surface area contributed by atoms with Gasteiger partial charge in [0.1, 0.15) is 0 Å². The molecule has 0 aromatic heterocycles. The lowest BCUT2D eigenvalue weighted by Gasteiger charge is -1.99. The Balaban J connectivity index is -0.000000309. The lowest BCUT2D eigenvalue weighted by molar-refractivity contribution is 1.12. The van der Waals surface area contributed by atoms with E-state index in [1.807, 2.05) is 26.8 Å². The zero-order valence-corrected chi connectivity index (χ0v) is 9.15. The monoisotopic (exact) mass is 182 g/mol. The van der Waals surface area contributed by atoms with Crippen LogP contribution in [0.1, 0.15) is 48.5 Å². The minimum absolute atomic E-state index is 0. The first kappa shape index (κ1) is 18.1. The summed E-state index contributed by atoms with van der Waals surface area (Å²) in [7, 11) is 0. The number of allylic oxidation sites excluding steroid dienone is 5. The second kappa shape index (κ2) is 13.8. The molecule has 0 saturated carbocycles. The first-order chi connectivity index (χ1) is 5.76. The molecule has 13 heavy (non-hydrogen) atoms. The van der Waals surface area contributed by atoms with Gasteiger partial charge in [-0.2, -0.15) is 0 Å². The van der Waals surface area contributed by atoms with Crippen LogP contribution in [0, 0.1) is 0 Å². The molecule has 0 rings (SSSR count). The van der Waals surface area contributed by atoms with Crippen LogP contribution in [0.3, 0.4) is 0 Å². The maximum absolute atomic E-state index is 3.72. The van der Waals surface area contributed by atoms with Crippen molar-refractivity contribution in [2.45, 2.75) is 48.5 Å². The molecule has 78 valence electrons. The van der Waals surface area contributed by atoms with Crippen molar-refractivity contribution >= 4 is 0 Å². The third-order valence-electron chi connectivity index (χ3n) is 1.56. The van der Waals surface area contributed by atoms with Crippen LogP contribution in [-0.2, 0) is 0 Å². The summed E-state index contributed by atoms with van der Waals surface area (Å²) in [6.07, 6.45) is 7.18. The van der Waals surface area contributed by atoms with Crippen molar-refractivity contribution in [1.29, 1.82) is 0 Å². The van der Waals surface area contributed by atoms with Gasteiger partial charge in [0.2, 0.25) is 0 Å². The average Bonchev–Trinajstić information content (AvgIpc) is 2.16. The van der Waals surface area contributed by atoms with Crippen molar-refractivity contribution in [3.05, 3.63) is 36.0 Å². The molecular weight excluding hydrogens is 156 g/mol. The van der Waals surface area contributed by atoms with E-state index >= 15 is 0 Å². The second-order valence-corrected chi connectivity index (χ2v) is 2.27. The molecule has 0 fully saturated rings. The van der Waals surface area contributed by atoms with E-state index in [4.69, 9.17) is 0 Å². The van der Waals surface area contributed by atoms with Gasteiger partial charge in [0.05, 0.1) is 0 Å². The summed E-state index contributed by atoms with van der Waals surface area (Å²) in [6.45, 7) is 14.0. The van der Waals surface area contributed by atoms with E-state index in [2.05, 4.69) is 32.6 Å². The van der Waals surface area contributed by atoms with Gasteiger partial charge < -0.3 is 0 Å². The molecule has 0 aliphatic rings. The first-order valence-electron chi connectivity index (χ1n) is 4.71. The van der Waals surface area contributed by atoms with E-state index in [9.17, 15) is 0 Å². The van der Waals surface area contributed by atoms with Gasteiger partial charge in [-0.25, -0.2) is 0 Å². The minimum Gasteiger partial charge on any atom is -0.0988 e. The molecule has 0 aromatic rings. The van der Waals surface area contributed by atoms with Crippen LogP contribution < -0.4 is 0 Å². The Kier molecular flexibility index (Phi) is 19.2. The minimum atomic E-state index is 0.